The van der Waals surface area contributed by atoms with E-state index in [0.717, 1.165) is 13.1 Å². The summed E-state index contributed by atoms with van der Waals surface area (Å²) in [5, 5.41) is 0. The summed E-state index contributed by atoms with van der Waals surface area (Å²) in [5.74, 6) is 0. The number of hydrogen-bond acceptors (Lipinski definition) is 3. The first-order valence-corrected chi connectivity index (χ1v) is 3.94. The molecule has 1 fully saturated rings. The second kappa shape index (κ2) is 5.52. The molecule has 68 valence electrons. The number of nitrogens with zero attached hydrogens (tertiary/aromatic N) is 2. The van der Waals surface area contributed by atoms with Crippen molar-refractivity contribution in [3.63, 3.8) is 0 Å². The quantitative estimate of drug-likeness (QED) is 0.607. The Morgan fingerprint density at radius 1 is 1.18 bits per heavy atom. The second-order valence-corrected chi connectivity index (χ2v) is 2.93. The predicted octanol–water partition coefficient (Wildman–Crippen LogP) is -0.171. The highest BCUT2D eigenvalue weighted by molar-refractivity contribution is 4.68. The molecule has 0 amide bonds. The molecule has 3 heteroatoms. The minimum atomic E-state index is 0. The molecule has 0 unspecified atom stereocenters. The van der Waals surface area contributed by atoms with Gasteiger partial charge in [0.05, 0.1) is 0 Å². The molecule has 1 rings (SSSR count). The van der Waals surface area contributed by atoms with E-state index in [0.29, 0.717) is 0 Å². The summed E-state index contributed by atoms with van der Waals surface area (Å²) in [6.07, 6.45) is 0. The van der Waals surface area contributed by atoms with Gasteiger partial charge in [0.2, 0.25) is 0 Å². The smallest absolute Gasteiger partial charge is 0.0110 e. The molecule has 0 aromatic heterocycles. The maximum atomic E-state index is 5.44. The summed E-state index contributed by atoms with van der Waals surface area (Å²) in [4.78, 5) is 4.77. The van der Waals surface area contributed by atoms with Gasteiger partial charge in [0, 0.05) is 39.3 Å². The van der Waals surface area contributed by atoms with Crippen molar-refractivity contribution in [1.29, 1.82) is 0 Å². The molecule has 3 nitrogen and oxygen atoms in total. The van der Waals surface area contributed by atoms with Crippen LogP contribution < -0.4 is 5.73 Å². The molecule has 0 spiro atoms. The van der Waals surface area contributed by atoms with Gasteiger partial charge in [-0.3, -0.25) is 4.90 Å². The Morgan fingerprint density at radius 3 is 2.18 bits per heavy atom. The molecule has 0 aromatic carbocycles. The zero-order valence-electron chi connectivity index (χ0n) is 6.71. The van der Waals surface area contributed by atoms with Crippen LogP contribution in [-0.2, 0) is 0 Å². The SMILES string of the molecule is C.CN1CCN(CCN)CC1. The lowest BCUT2D eigenvalue weighted by molar-refractivity contribution is 0.157. The van der Waals surface area contributed by atoms with Crippen molar-refractivity contribution in [3.8, 4) is 0 Å². The van der Waals surface area contributed by atoms with Gasteiger partial charge in [0.1, 0.15) is 0 Å². The van der Waals surface area contributed by atoms with Crippen LogP contribution in [0.25, 0.3) is 0 Å². The van der Waals surface area contributed by atoms with Gasteiger partial charge in [-0.2, -0.15) is 0 Å². The molecular formula is C8H21N3. The van der Waals surface area contributed by atoms with Crippen LogP contribution in [0.4, 0.5) is 0 Å². The molecule has 0 bridgehead atoms. The molecule has 0 radical (unpaired) electrons. The van der Waals surface area contributed by atoms with E-state index in [4.69, 9.17) is 5.73 Å². The maximum Gasteiger partial charge on any atom is 0.0110 e. The number of likely N-dealkylation sites (N-methyl/N-ethyl adjacent to an activating group) is 1. The topological polar surface area (TPSA) is 32.5 Å². The van der Waals surface area contributed by atoms with Gasteiger partial charge >= 0.3 is 0 Å². The average molecular weight is 159 g/mol. The van der Waals surface area contributed by atoms with E-state index in [-0.39, 0.29) is 7.43 Å². The molecule has 0 atom stereocenters. The maximum absolute atomic E-state index is 5.44. The van der Waals surface area contributed by atoms with Crippen molar-refractivity contribution in [2.75, 3.05) is 46.3 Å². The van der Waals surface area contributed by atoms with Gasteiger partial charge in [0.25, 0.3) is 0 Å². The second-order valence-electron chi connectivity index (χ2n) is 2.93. The summed E-state index contributed by atoms with van der Waals surface area (Å²) < 4.78 is 0. The van der Waals surface area contributed by atoms with Crippen LogP contribution in [0.2, 0.25) is 0 Å². The fourth-order valence-electron chi connectivity index (χ4n) is 1.25. The van der Waals surface area contributed by atoms with Gasteiger partial charge in [-0.05, 0) is 7.05 Å². The van der Waals surface area contributed by atoms with Gasteiger partial charge in [-0.25, -0.2) is 0 Å². The Hall–Kier alpha value is -0.120. The number of rotatable bonds is 2. The van der Waals surface area contributed by atoms with Crippen LogP contribution in [0.1, 0.15) is 7.43 Å². The van der Waals surface area contributed by atoms with E-state index in [2.05, 4.69) is 16.8 Å². The zero-order chi connectivity index (χ0) is 7.40. The van der Waals surface area contributed by atoms with Crippen molar-refractivity contribution in [2.45, 2.75) is 7.43 Å². The summed E-state index contributed by atoms with van der Waals surface area (Å²) in [6, 6.07) is 0. The van der Waals surface area contributed by atoms with E-state index < -0.39 is 0 Å². The molecule has 1 aliphatic heterocycles. The fourth-order valence-corrected chi connectivity index (χ4v) is 1.25. The van der Waals surface area contributed by atoms with E-state index in [1.807, 2.05) is 0 Å². The van der Waals surface area contributed by atoms with Crippen molar-refractivity contribution in [3.05, 3.63) is 0 Å². The van der Waals surface area contributed by atoms with Gasteiger partial charge in [0.15, 0.2) is 0 Å². The molecule has 0 saturated carbocycles. The van der Waals surface area contributed by atoms with Crippen LogP contribution in [0.5, 0.6) is 0 Å². The molecule has 0 aromatic rings. The Labute approximate surface area is 70.2 Å². The minimum absolute atomic E-state index is 0. The molecule has 1 heterocycles. The number of nitrogens with two attached hydrogens (primary N) is 1. The third-order valence-electron chi connectivity index (χ3n) is 2.04. The first-order chi connectivity index (χ1) is 4.83. The lowest BCUT2D eigenvalue weighted by atomic mass is 10.3. The molecule has 1 saturated heterocycles. The van der Waals surface area contributed by atoms with Crippen LogP contribution >= 0.6 is 0 Å². The Morgan fingerprint density at radius 2 is 1.73 bits per heavy atom. The summed E-state index contributed by atoms with van der Waals surface area (Å²) >= 11 is 0. The Bertz CT molecular complexity index is 87.3. The third kappa shape index (κ3) is 3.70. The van der Waals surface area contributed by atoms with Crippen LogP contribution in [0.3, 0.4) is 0 Å². The molecule has 2 N–H and O–H groups in total. The molecular weight excluding hydrogens is 138 g/mol. The van der Waals surface area contributed by atoms with Crippen molar-refractivity contribution < 1.29 is 0 Å². The van der Waals surface area contributed by atoms with Crippen molar-refractivity contribution in [1.82, 2.24) is 9.80 Å². The van der Waals surface area contributed by atoms with Gasteiger partial charge < -0.3 is 10.6 Å². The minimum Gasteiger partial charge on any atom is -0.329 e. The summed E-state index contributed by atoms with van der Waals surface area (Å²) in [6.45, 7) is 6.62. The first-order valence-electron chi connectivity index (χ1n) is 3.94. The van der Waals surface area contributed by atoms with Crippen LogP contribution in [0.15, 0.2) is 0 Å². The monoisotopic (exact) mass is 159 g/mol. The average Bonchev–Trinajstić information content (AvgIpc) is 1.95. The van der Waals surface area contributed by atoms with E-state index in [1.54, 1.807) is 0 Å². The Balaban J connectivity index is 0.000001000. The van der Waals surface area contributed by atoms with Crippen molar-refractivity contribution in [2.24, 2.45) is 5.73 Å². The highest BCUT2D eigenvalue weighted by Gasteiger charge is 2.11. The predicted molar refractivity (Wildman–Crippen MR) is 49.7 cm³/mol. The Kier molecular flexibility index (Phi) is 5.46. The van der Waals surface area contributed by atoms with Crippen LogP contribution in [-0.4, -0.2) is 56.1 Å². The largest absolute Gasteiger partial charge is 0.329 e. The number of hydrogen-bond donors (Lipinski definition) is 1. The lowest BCUT2D eigenvalue weighted by Gasteiger charge is -2.31. The molecule has 1 aliphatic rings. The summed E-state index contributed by atoms with van der Waals surface area (Å²) in [7, 11) is 2.17. The fraction of sp³-hybridized carbons (Fsp3) is 1.00. The lowest BCUT2D eigenvalue weighted by Crippen LogP contribution is -2.45. The van der Waals surface area contributed by atoms with Gasteiger partial charge in [-0.1, -0.05) is 7.43 Å². The van der Waals surface area contributed by atoms with Crippen molar-refractivity contribution >= 4 is 0 Å². The molecule has 0 aliphatic carbocycles. The third-order valence-corrected chi connectivity index (χ3v) is 2.04. The normalized spacial score (nSPS) is 21.3. The van der Waals surface area contributed by atoms with E-state index in [1.165, 1.54) is 26.2 Å². The van der Waals surface area contributed by atoms with Gasteiger partial charge in [-0.15, -0.1) is 0 Å². The summed E-state index contributed by atoms with van der Waals surface area (Å²) in [5.41, 5.74) is 5.44. The first kappa shape index (κ1) is 10.9. The highest BCUT2D eigenvalue weighted by Crippen LogP contribution is 1.96. The zero-order valence-corrected chi connectivity index (χ0v) is 6.71. The number of piperazine rings is 1. The molecule has 11 heavy (non-hydrogen) atoms. The van der Waals surface area contributed by atoms with Crippen LogP contribution in [0, 0.1) is 0 Å². The van der Waals surface area contributed by atoms with E-state index >= 15 is 0 Å². The standard InChI is InChI=1S/C7H17N3.CH4/c1-9-4-6-10(3-2-8)7-5-9;/h2-8H2,1H3;1H4. The van der Waals surface area contributed by atoms with E-state index in [9.17, 15) is 0 Å². The highest BCUT2D eigenvalue weighted by atomic mass is 15.2.